The molecule has 0 atom stereocenters. The minimum atomic E-state index is -0.387. The number of hydrogen-bond acceptors (Lipinski definition) is 18. The molecular formula is C106H94F3N13O5. The van der Waals surface area contributed by atoms with Gasteiger partial charge in [-0.2, -0.15) is 0 Å². The lowest BCUT2D eigenvalue weighted by atomic mass is 10.0. The SMILES string of the molecule is C#Cc1cccc(C(=O)Cc2ccc(F)c(N(C)c3cncnc3)c2)c1.C#Cc1cccc(C(=O)Cc2cccc(N(CC)c3cccnc3)c2)c1.CCN(c1cccnc1)c1cccc(CC(=O)c2cccc(C)c2)c1.Cc1cccc(C(=O)Cc2ccc(F)c(N(C)c3cncnc3)c2)c1.Cc1cccc(C(=O)Cc2ccc(F)c(N(C)c3cncnc3)c2)c1. The number of Topliss-reactive ketones (excluding diaryl/α,β-unsaturated/α-hetero) is 5. The normalized spacial score (nSPS) is 10.4. The first-order valence-electron chi connectivity index (χ1n) is 40.9. The third kappa shape index (κ3) is 26.3. The van der Waals surface area contributed by atoms with Gasteiger partial charge < -0.3 is 24.5 Å². The van der Waals surface area contributed by atoms with Gasteiger partial charge in [0.1, 0.15) is 36.4 Å². The van der Waals surface area contributed by atoms with Crippen LogP contribution in [0.15, 0.2) is 330 Å². The van der Waals surface area contributed by atoms with Gasteiger partial charge in [-0.1, -0.05) is 150 Å². The first-order valence-corrected chi connectivity index (χ1v) is 40.9. The van der Waals surface area contributed by atoms with E-state index >= 15 is 0 Å². The van der Waals surface area contributed by atoms with Crippen molar-refractivity contribution in [2.24, 2.45) is 0 Å². The van der Waals surface area contributed by atoms with Gasteiger partial charge in [0.25, 0.3) is 0 Å². The van der Waals surface area contributed by atoms with Gasteiger partial charge in [0.05, 0.1) is 95.1 Å². The first-order chi connectivity index (χ1) is 61.5. The number of aryl methyl sites for hydroxylation is 3. The van der Waals surface area contributed by atoms with Gasteiger partial charge in [-0.15, -0.1) is 12.8 Å². The average molecular weight is 1690 g/mol. The summed E-state index contributed by atoms with van der Waals surface area (Å²) >= 11 is 0. The zero-order valence-corrected chi connectivity index (χ0v) is 71.8. The monoisotopic (exact) mass is 1690 g/mol. The van der Waals surface area contributed by atoms with Gasteiger partial charge >= 0.3 is 0 Å². The second kappa shape index (κ2) is 45.8. The number of ketones is 5. The van der Waals surface area contributed by atoms with E-state index in [2.05, 4.69) is 93.6 Å². The quantitative estimate of drug-likeness (QED) is 0.0347. The number of terminal acetylenes is 2. The number of hydrogen-bond donors (Lipinski definition) is 0. The highest BCUT2D eigenvalue weighted by Crippen LogP contribution is 2.33. The Kier molecular flexibility index (Phi) is 33.1. The lowest BCUT2D eigenvalue weighted by molar-refractivity contribution is 0.0984. The molecule has 127 heavy (non-hydrogen) atoms. The maximum Gasteiger partial charge on any atom is 0.167 e. The lowest BCUT2D eigenvalue weighted by Gasteiger charge is -2.23. The smallest absolute Gasteiger partial charge is 0.167 e. The van der Waals surface area contributed by atoms with E-state index in [0.717, 1.165) is 85.9 Å². The van der Waals surface area contributed by atoms with Crippen LogP contribution in [0.25, 0.3) is 0 Å². The Morgan fingerprint density at radius 1 is 0.291 bits per heavy atom. The molecule has 21 heteroatoms. The topological polar surface area (TPSA) is 205 Å². The molecule has 0 N–H and O–H groups in total. The minimum Gasteiger partial charge on any atom is -0.341 e. The van der Waals surface area contributed by atoms with Crippen molar-refractivity contribution in [3.63, 3.8) is 0 Å². The number of aromatic nitrogens is 8. The molecule has 0 aliphatic carbocycles. The lowest BCUT2D eigenvalue weighted by Crippen LogP contribution is -2.16. The fourth-order valence-electron chi connectivity index (χ4n) is 13.8. The number of rotatable bonds is 27. The standard InChI is InChI=1S/C23H20N2O.C22H22N2O.C21H16FN3O.2C20H18FN3O/c1-3-18-8-5-10-20(14-18)23(26)16-19-9-6-11-21(15-19)25(4-2)22-12-7-13-24-17-22;1-3-24(21-11-6-12-23-16-21)20-10-5-8-18(14-20)15-22(25)19-9-4-7-17(2)13-19;1-3-15-5-4-6-17(9-15)21(26)11-16-7-8-19(22)20(10-16)25(2)18-12-23-14-24-13-18;2*1-14-4-3-5-16(8-14)20(25)10-15-6-7-18(21)19(9-15)24(2)17-11-22-13-23-12-17/h1,5-15,17H,4,16H2,2H3;4-14,16H,3,15H2,1-2H3;1,4-10,12-14H,11H2,2H3;2*3-9,11-13H,10H2,1-2H3. The van der Waals surface area contributed by atoms with Crippen LogP contribution in [-0.4, -0.2) is 103 Å². The van der Waals surface area contributed by atoms with Crippen molar-refractivity contribution < 1.29 is 37.1 Å². The van der Waals surface area contributed by atoms with E-state index in [4.69, 9.17) is 12.8 Å². The van der Waals surface area contributed by atoms with E-state index in [9.17, 15) is 37.1 Å². The highest BCUT2D eigenvalue weighted by atomic mass is 19.1. The summed E-state index contributed by atoms with van der Waals surface area (Å²) in [6.07, 6.45) is 33.2. The third-order valence-corrected chi connectivity index (χ3v) is 20.5. The van der Waals surface area contributed by atoms with Gasteiger partial charge in [-0.25, -0.2) is 43.1 Å². The van der Waals surface area contributed by atoms with Gasteiger partial charge in [0, 0.05) is 129 Å². The van der Waals surface area contributed by atoms with Crippen LogP contribution in [0.5, 0.6) is 0 Å². The van der Waals surface area contributed by atoms with E-state index in [0.29, 0.717) is 80.3 Å². The van der Waals surface area contributed by atoms with Gasteiger partial charge in [-0.05, 0) is 190 Å². The molecule has 0 fully saturated rings. The zero-order chi connectivity index (χ0) is 90.1. The summed E-state index contributed by atoms with van der Waals surface area (Å²) in [6, 6.07) is 75.0. The molecule has 0 radical (unpaired) electrons. The van der Waals surface area contributed by atoms with Crippen LogP contribution in [0.2, 0.25) is 0 Å². The number of nitrogens with zero attached hydrogens (tertiary/aromatic N) is 13. The molecule has 0 saturated carbocycles. The largest absolute Gasteiger partial charge is 0.341 e. The van der Waals surface area contributed by atoms with Crippen LogP contribution >= 0.6 is 0 Å². The molecule has 0 unspecified atom stereocenters. The second-order valence-corrected chi connectivity index (χ2v) is 29.6. The number of carbonyl (C=O) groups is 5. The molecule has 0 amide bonds. The zero-order valence-electron chi connectivity index (χ0n) is 71.8. The van der Waals surface area contributed by atoms with Crippen LogP contribution in [0.1, 0.15) is 121 Å². The summed E-state index contributed by atoms with van der Waals surface area (Å²) in [4.78, 5) is 104. The number of halogens is 3. The van der Waals surface area contributed by atoms with Crippen molar-refractivity contribution in [1.29, 1.82) is 0 Å². The summed E-state index contributed by atoms with van der Waals surface area (Å²) in [5, 5.41) is 0. The van der Waals surface area contributed by atoms with Crippen LogP contribution in [0.4, 0.5) is 70.0 Å². The maximum atomic E-state index is 14.3. The highest BCUT2D eigenvalue weighted by Gasteiger charge is 2.20. The maximum absolute atomic E-state index is 14.3. The van der Waals surface area contributed by atoms with E-state index < -0.39 is 0 Å². The Morgan fingerprint density at radius 2 is 0.551 bits per heavy atom. The minimum absolute atomic E-state index is 0.00644. The Morgan fingerprint density at radius 3 is 0.819 bits per heavy atom. The van der Waals surface area contributed by atoms with Crippen molar-refractivity contribution in [3.05, 3.63) is 431 Å². The molecular weight excluding hydrogens is 1590 g/mol. The molecule has 0 bridgehead atoms. The fourth-order valence-corrected chi connectivity index (χ4v) is 13.8. The Balaban J connectivity index is 0.000000154. The summed E-state index contributed by atoms with van der Waals surface area (Å²) in [6.45, 7) is 11.7. The Hall–Kier alpha value is -16.0. The van der Waals surface area contributed by atoms with Gasteiger partial charge in [-0.3, -0.25) is 33.9 Å². The van der Waals surface area contributed by atoms with Crippen LogP contribution in [-0.2, 0) is 32.1 Å². The summed E-state index contributed by atoms with van der Waals surface area (Å²) in [7, 11) is 5.20. The molecule has 10 aromatic carbocycles. The molecule has 5 aromatic heterocycles. The predicted molar refractivity (Wildman–Crippen MR) is 499 cm³/mol. The number of carbonyl (C=O) groups excluding carboxylic acids is 5. The van der Waals surface area contributed by atoms with Gasteiger partial charge in [0.2, 0.25) is 0 Å². The molecule has 0 aliphatic heterocycles. The van der Waals surface area contributed by atoms with Crippen LogP contribution in [0.3, 0.4) is 0 Å². The van der Waals surface area contributed by atoms with Crippen LogP contribution in [0, 0.1) is 62.9 Å². The molecule has 0 aliphatic rings. The number of pyridine rings is 2. The van der Waals surface area contributed by atoms with Crippen molar-refractivity contribution in [1.82, 2.24) is 39.9 Å². The molecule has 0 saturated heterocycles. The van der Waals surface area contributed by atoms with Crippen molar-refractivity contribution in [2.45, 2.75) is 66.7 Å². The Labute approximate surface area is 739 Å². The van der Waals surface area contributed by atoms with E-state index in [1.807, 2.05) is 161 Å². The van der Waals surface area contributed by atoms with Crippen molar-refractivity contribution in [3.8, 4) is 24.7 Å². The number of anilines is 10. The molecule has 18 nitrogen and oxygen atoms in total. The van der Waals surface area contributed by atoms with E-state index in [1.54, 1.807) is 170 Å². The second-order valence-electron chi connectivity index (χ2n) is 29.6. The number of benzene rings is 10. The highest BCUT2D eigenvalue weighted by molar-refractivity contribution is 6.01. The third-order valence-electron chi connectivity index (χ3n) is 20.5. The van der Waals surface area contributed by atoms with Crippen molar-refractivity contribution in [2.75, 3.05) is 58.7 Å². The van der Waals surface area contributed by atoms with Crippen molar-refractivity contribution >= 4 is 85.8 Å². The molecule has 634 valence electrons. The van der Waals surface area contributed by atoms with E-state index in [-0.39, 0.29) is 65.6 Å². The first kappa shape index (κ1) is 91.7. The Bertz CT molecular complexity index is 6210. The van der Waals surface area contributed by atoms with Crippen LogP contribution < -0.4 is 24.5 Å². The summed E-state index contributed by atoms with van der Waals surface area (Å²) in [5.74, 6) is 4.11. The molecule has 5 heterocycles. The van der Waals surface area contributed by atoms with Gasteiger partial charge in [0.15, 0.2) is 28.9 Å². The summed E-state index contributed by atoms with van der Waals surface area (Å²) < 4.78 is 42.8. The molecule has 15 rings (SSSR count). The molecule has 0 spiro atoms. The fraction of sp³-hybridized carbons (Fsp3) is 0.142. The molecule has 15 aromatic rings. The predicted octanol–water partition coefficient (Wildman–Crippen LogP) is 21.6. The average Bonchev–Trinajstić information content (AvgIpc) is 0.816. The van der Waals surface area contributed by atoms with E-state index in [1.165, 1.54) is 37.2 Å². The summed E-state index contributed by atoms with van der Waals surface area (Å²) in [5.41, 5.74) is 19.3.